The van der Waals surface area contributed by atoms with Gasteiger partial charge in [0.25, 0.3) is 0 Å². The van der Waals surface area contributed by atoms with Crippen molar-refractivity contribution in [3.63, 3.8) is 0 Å². The minimum absolute atomic E-state index is 0.0717. The maximum atomic E-state index is 11.6. The van der Waals surface area contributed by atoms with Crippen LogP contribution in [0.15, 0.2) is 30.3 Å². The quantitative estimate of drug-likeness (QED) is 0.832. The normalized spacial score (nSPS) is 10.5. The predicted molar refractivity (Wildman–Crippen MR) is 66.6 cm³/mol. The van der Waals surface area contributed by atoms with Gasteiger partial charge in [0.05, 0.1) is 6.61 Å². The molecule has 0 aliphatic heterocycles. The smallest absolute Gasteiger partial charge is 0.341 e. The van der Waals surface area contributed by atoms with Gasteiger partial charge in [-0.1, -0.05) is 17.7 Å². The van der Waals surface area contributed by atoms with E-state index in [-0.39, 0.29) is 17.9 Å². The molecule has 4 heteroatoms. The van der Waals surface area contributed by atoms with Crippen LogP contribution in [0.5, 0.6) is 5.75 Å². The number of carbonyl (C=O) groups excluding carboxylic acids is 1. The molecule has 0 atom stereocenters. The molecule has 17 heavy (non-hydrogen) atoms. The first-order valence-electron chi connectivity index (χ1n) is 5.22. The molecule has 0 aliphatic rings. The summed E-state index contributed by atoms with van der Waals surface area (Å²) in [6.45, 7) is 1.99. The number of carbonyl (C=O) groups is 1. The Morgan fingerprint density at radius 1 is 1.35 bits per heavy atom. The molecule has 1 N–H and O–H groups in total. The highest BCUT2D eigenvalue weighted by molar-refractivity contribution is 6.31. The van der Waals surface area contributed by atoms with Crippen LogP contribution in [0.2, 0.25) is 5.02 Å². The van der Waals surface area contributed by atoms with Crippen molar-refractivity contribution in [2.45, 2.75) is 6.92 Å². The van der Waals surface area contributed by atoms with Gasteiger partial charge in [-0.15, -0.1) is 0 Å². The van der Waals surface area contributed by atoms with Crippen LogP contribution in [0.1, 0.15) is 17.3 Å². The third kappa shape index (κ3) is 2.19. The van der Waals surface area contributed by atoms with Crippen LogP contribution in [-0.2, 0) is 4.74 Å². The number of rotatable bonds is 2. The number of halogens is 1. The molecule has 0 aromatic heterocycles. The van der Waals surface area contributed by atoms with Crippen molar-refractivity contribution in [1.82, 2.24) is 0 Å². The number of hydrogen-bond donors (Lipinski definition) is 1. The molecule has 0 radical (unpaired) electrons. The predicted octanol–water partition coefficient (Wildman–Crippen LogP) is 3.38. The standard InChI is InChI=1S/C13H11ClO3/c1-2-17-13(16)11-5-3-8-7-9(14)4-6-10(8)12(11)15/h3-7,15H,2H2,1H3. The lowest BCUT2D eigenvalue weighted by molar-refractivity contribution is 0.0523. The van der Waals surface area contributed by atoms with E-state index >= 15 is 0 Å². The monoisotopic (exact) mass is 250 g/mol. The molecule has 3 nitrogen and oxygen atoms in total. The van der Waals surface area contributed by atoms with Crippen molar-refractivity contribution in [2.75, 3.05) is 6.61 Å². The van der Waals surface area contributed by atoms with E-state index < -0.39 is 5.97 Å². The number of ether oxygens (including phenoxy) is 1. The Morgan fingerprint density at radius 3 is 2.82 bits per heavy atom. The second kappa shape index (κ2) is 4.63. The maximum Gasteiger partial charge on any atom is 0.341 e. The van der Waals surface area contributed by atoms with Crippen LogP contribution in [-0.4, -0.2) is 17.7 Å². The zero-order valence-electron chi connectivity index (χ0n) is 9.24. The minimum atomic E-state index is -0.526. The van der Waals surface area contributed by atoms with Gasteiger partial charge in [0.2, 0.25) is 0 Å². The van der Waals surface area contributed by atoms with Crippen molar-refractivity contribution in [1.29, 1.82) is 0 Å². The van der Waals surface area contributed by atoms with Gasteiger partial charge in [0, 0.05) is 10.4 Å². The third-order valence-corrected chi connectivity index (χ3v) is 2.68. The van der Waals surface area contributed by atoms with Gasteiger partial charge in [-0.25, -0.2) is 4.79 Å². The molecule has 0 amide bonds. The number of aromatic hydroxyl groups is 1. The zero-order valence-corrected chi connectivity index (χ0v) is 9.99. The zero-order chi connectivity index (χ0) is 12.4. The minimum Gasteiger partial charge on any atom is -0.506 e. The average molecular weight is 251 g/mol. The number of fused-ring (bicyclic) bond motifs is 1. The Morgan fingerprint density at radius 2 is 2.12 bits per heavy atom. The van der Waals surface area contributed by atoms with Crippen molar-refractivity contribution in [3.05, 3.63) is 40.9 Å². The molecule has 0 bridgehead atoms. The van der Waals surface area contributed by atoms with Crippen molar-refractivity contribution >= 4 is 28.3 Å². The summed E-state index contributed by atoms with van der Waals surface area (Å²) < 4.78 is 4.86. The van der Waals surface area contributed by atoms with Crippen molar-refractivity contribution < 1.29 is 14.6 Å². The first-order chi connectivity index (χ1) is 8.13. The molecular formula is C13H11ClO3. The fourth-order valence-electron chi connectivity index (χ4n) is 1.66. The van der Waals surface area contributed by atoms with Gasteiger partial charge < -0.3 is 9.84 Å². The number of phenolic OH excluding ortho intramolecular Hbond substituents is 1. The highest BCUT2D eigenvalue weighted by Gasteiger charge is 2.14. The third-order valence-electron chi connectivity index (χ3n) is 2.45. The number of phenols is 1. The fraction of sp³-hybridized carbons (Fsp3) is 0.154. The largest absolute Gasteiger partial charge is 0.506 e. The van der Waals surface area contributed by atoms with E-state index in [0.717, 1.165) is 5.39 Å². The second-order valence-electron chi connectivity index (χ2n) is 3.55. The topological polar surface area (TPSA) is 46.5 Å². The molecule has 0 heterocycles. The molecule has 0 saturated carbocycles. The first kappa shape index (κ1) is 11.7. The lowest BCUT2D eigenvalue weighted by Gasteiger charge is -2.07. The van der Waals surface area contributed by atoms with Crippen molar-refractivity contribution in [2.24, 2.45) is 0 Å². The van der Waals surface area contributed by atoms with Gasteiger partial charge in [-0.2, -0.15) is 0 Å². The van der Waals surface area contributed by atoms with Crippen molar-refractivity contribution in [3.8, 4) is 5.75 Å². The lowest BCUT2D eigenvalue weighted by atomic mass is 10.1. The summed E-state index contributed by atoms with van der Waals surface area (Å²) in [6.07, 6.45) is 0. The molecule has 0 aliphatic carbocycles. The van der Waals surface area contributed by atoms with Crippen LogP contribution in [0.25, 0.3) is 10.8 Å². The average Bonchev–Trinajstić information content (AvgIpc) is 2.29. The molecule has 2 aromatic carbocycles. The Labute approximate surface area is 104 Å². The lowest BCUT2D eigenvalue weighted by Crippen LogP contribution is -2.04. The Hall–Kier alpha value is -1.74. The Balaban J connectivity index is 2.58. The summed E-state index contributed by atoms with van der Waals surface area (Å²) in [7, 11) is 0. The second-order valence-corrected chi connectivity index (χ2v) is 3.98. The summed E-state index contributed by atoms with van der Waals surface area (Å²) in [5.74, 6) is -0.598. The number of hydrogen-bond acceptors (Lipinski definition) is 3. The van der Waals surface area contributed by atoms with E-state index in [1.54, 1.807) is 31.2 Å². The summed E-state index contributed by atoms with van der Waals surface area (Å²) in [6, 6.07) is 8.33. The summed E-state index contributed by atoms with van der Waals surface area (Å²) in [5.41, 5.74) is 0.168. The highest BCUT2D eigenvalue weighted by Crippen LogP contribution is 2.30. The number of benzene rings is 2. The Kier molecular flexibility index (Phi) is 3.20. The Bertz CT molecular complexity index is 578. The fourth-order valence-corrected chi connectivity index (χ4v) is 1.84. The number of esters is 1. The van der Waals surface area contributed by atoms with Crippen LogP contribution in [0.4, 0.5) is 0 Å². The van der Waals surface area contributed by atoms with Crippen LogP contribution in [0.3, 0.4) is 0 Å². The van der Waals surface area contributed by atoms with Gasteiger partial charge in [0.1, 0.15) is 11.3 Å². The molecule has 0 saturated heterocycles. The molecule has 2 aromatic rings. The molecule has 0 unspecified atom stereocenters. The van der Waals surface area contributed by atoms with Gasteiger partial charge in [-0.3, -0.25) is 0 Å². The van der Waals surface area contributed by atoms with E-state index in [4.69, 9.17) is 16.3 Å². The highest BCUT2D eigenvalue weighted by atomic mass is 35.5. The van der Waals surface area contributed by atoms with Crippen LogP contribution in [0, 0.1) is 0 Å². The molecule has 2 rings (SSSR count). The summed E-state index contributed by atoms with van der Waals surface area (Å²) in [5, 5.41) is 11.9. The summed E-state index contributed by atoms with van der Waals surface area (Å²) >= 11 is 5.85. The molecule has 0 spiro atoms. The van der Waals surface area contributed by atoms with E-state index in [0.29, 0.717) is 10.4 Å². The molecular weight excluding hydrogens is 240 g/mol. The first-order valence-corrected chi connectivity index (χ1v) is 5.59. The molecule has 88 valence electrons. The van der Waals surface area contributed by atoms with E-state index in [1.165, 1.54) is 6.07 Å². The summed E-state index contributed by atoms with van der Waals surface area (Å²) in [4.78, 5) is 11.6. The van der Waals surface area contributed by atoms with E-state index in [1.807, 2.05) is 0 Å². The van der Waals surface area contributed by atoms with Gasteiger partial charge in [0.15, 0.2) is 0 Å². The van der Waals surface area contributed by atoms with E-state index in [2.05, 4.69) is 0 Å². The maximum absolute atomic E-state index is 11.6. The molecule has 0 fully saturated rings. The van der Waals surface area contributed by atoms with Crippen LogP contribution < -0.4 is 0 Å². The SMILES string of the molecule is CCOC(=O)c1ccc2cc(Cl)ccc2c1O. The van der Waals surface area contributed by atoms with E-state index in [9.17, 15) is 9.90 Å². The van der Waals surface area contributed by atoms with Crippen LogP contribution >= 0.6 is 11.6 Å². The van der Waals surface area contributed by atoms with Gasteiger partial charge >= 0.3 is 5.97 Å². The van der Waals surface area contributed by atoms with Gasteiger partial charge in [-0.05, 0) is 36.6 Å².